The number of aromatic amines is 1. The highest BCUT2D eigenvalue weighted by atomic mass is 16.5. The summed E-state index contributed by atoms with van der Waals surface area (Å²) >= 11 is 0. The Kier molecular flexibility index (Phi) is 5.22. The van der Waals surface area contributed by atoms with Crippen LogP contribution in [-0.4, -0.2) is 22.4 Å². The Labute approximate surface area is 164 Å². The average molecular weight is 370 g/mol. The number of nitrogens with zero attached hydrogens (tertiary/aromatic N) is 1. The average Bonchev–Trinajstić information content (AvgIpc) is 3.39. The van der Waals surface area contributed by atoms with Crippen LogP contribution < -0.4 is 4.74 Å². The molecule has 0 unspecified atom stereocenters. The lowest BCUT2D eigenvalue weighted by atomic mass is 10.1. The van der Waals surface area contributed by atoms with Crippen molar-refractivity contribution in [1.82, 2.24) is 10.2 Å². The van der Waals surface area contributed by atoms with Gasteiger partial charge in [0.2, 0.25) is 0 Å². The number of aliphatic hydroxyl groups is 1. The van der Waals surface area contributed by atoms with Gasteiger partial charge in [-0.3, -0.25) is 5.10 Å². The number of nitrogens with one attached hydrogen (secondary N) is 1. The lowest BCUT2D eigenvalue weighted by Crippen LogP contribution is -1.90. The summed E-state index contributed by atoms with van der Waals surface area (Å²) in [7, 11) is 1.63. The van der Waals surface area contributed by atoms with Crippen LogP contribution in [0.4, 0.5) is 0 Å². The van der Waals surface area contributed by atoms with E-state index in [0.717, 1.165) is 34.7 Å². The van der Waals surface area contributed by atoms with Crippen LogP contribution in [0.2, 0.25) is 0 Å². The van der Waals surface area contributed by atoms with E-state index < -0.39 is 0 Å². The zero-order valence-electron chi connectivity index (χ0n) is 15.7. The number of ether oxygens (including phenoxy) is 1. The predicted molar refractivity (Wildman–Crippen MR) is 115 cm³/mol. The molecule has 1 aliphatic carbocycles. The summed E-state index contributed by atoms with van der Waals surface area (Å²) in [5, 5.41) is 16.6. The second kappa shape index (κ2) is 8.11. The quantitative estimate of drug-likeness (QED) is 0.654. The van der Waals surface area contributed by atoms with Crippen molar-refractivity contribution >= 4 is 30.4 Å². The van der Waals surface area contributed by atoms with Gasteiger partial charge in [-0.1, -0.05) is 48.6 Å². The van der Waals surface area contributed by atoms with Gasteiger partial charge in [0.25, 0.3) is 0 Å². The normalized spacial score (nSPS) is 12.9. The third-order valence-corrected chi connectivity index (χ3v) is 4.79. The highest BCUT2D eigenvalue weighted by Gasteiger charge is 2.05. The van der Waals surface area contributed by atoms with Crippen molar-refractivity contribution in [2.75, 3.05) is 7.11 Å². The molecule has 2 aromatic carbocycles. The van der Waals surface area contributed by atoms with E-state index in [1.807, 2.05) is 42.5 Å². The third-order valence-electron chi connectivity index (χ3n) is 4.79. The summed E-state index contributed by atoms with van der Waals surface area (Å²) in [6.45, 7) is -0.00265. The van der Waals surface area contributed by atoms with E-state index in [1.165, 1.54) is 16.7 Å². The van der Waals surface area contributed by atoms with E-state index in [0.29, 0.717) is 0 Å². The Morgan fingerprint density at radius 2 is 2.00 bits per heavy atom. The Balaban J connectivity index is 1.47. The fraction of sp³-hybridized carbons (Fsp3) is 0.125. The summed E-state index contributed by atoms with van der Waals surface area (Å²) in [4.78, 5) is 0. The molecular weight excluding hydrogens is 348 g/mol. The molecular formula is C24H22N2O2. The van der Waals surface area contributed by atoms with Crippen molar-refractivity contribution in [3.63, 3.8) is 0 Å². The molecule has 4 rings (SSSR count). The predicted octanol–water partition coefficient (Wildman–Crippen LogP) is 4.82. The van der Waals surface area contributed by atoms with Crippen LogP contribution in [0.5, 0.6) is 5.75 Å². The molecule has 0 atom stereocenters. The first-order chi connectivity index (χ1) is 13.7. The van der Waals surface area contributed by atoms with Crippen LogP contribution in [0.15, 0.2) is 48.5 Å². The zero-order chi connectivity index (χ0) is 19.3. The minimum atomic E-state index is -0.00265. The Morgan fingerprint density at radius 3 is 2.86 bits per heavy atom. The number of fused-ring (bicyclic) bond motifs is 1. The molecule has 4 nitrogen and oxygen atoms in total. The van der Waals surface area contributed by atoms with E-state index in [-0.39, 0.29) is 6.61 Å². The summed E-state index contributed by atoms with van der Waals surface area (Å²) in [5.41, 5.74) is 7.41. The summed E-state index contributed by atoms with van der Waals surface area (Å²) in [5.74, 6) is 0.730. The second-order valence-electron chi connectivity index (χ2n) is 6.71. The van der Waals surface area contributed by atoms with E-state index in [9.17, 15) is 5.11 Å². The van der Waals surface area contributed by atoms with Crippen molar-refractivity contribution in [2.24, 2.45) is 0 Å². The Morgan fingerprint density at radius 1 is 1.07 bits per heavy atom. The number of allylic oxidation sites excluding steroid dienone is 1. The lowest BCUT2D eigenvalue weighted by Gasteiger charge is -2.06. The number of methoxy groups -OCH3 is 1. The van der Waals surface area contributed by atoms with Crippen LogP contribution >= 0.6 is 0 Å². The van der Waals surface area contributed by atoms with Gasteiger partial charge >= 0.3 is 0 Å². The SMILES string of the molecule is COc1cc(CO)ccc1/C=C/c1cc(/C=C/c2ccc3c(c2)CC=C3)n[nH]1. The molecule has 0 saturated carbocycles. The summed E-state index contributed by atoms with van der Waals surface area (Å²) < 4.78 is 5.40. The molecule has 0 amide bonds. The summed E-state index contributed by atoms with van der Waals surface area (Å²) in [6, 6.07) is 14.2. The first kappa shape index (κ1) is 18.0. The fourth-order valence-electron chi connectivity index (χ4n) is 3.26. The molecule has 140 valence electrons. The van der Waals surface area contributed by atoms with Crippen molar-refractivity contribution in [2.45, 2.75) is 13.0 Å². The number of hydrogen-bond acceptors (Lipinski definition) is 3. The maximum Gasteiger partial charge on any atom is 0.126 e. The van der Waals surface area contributed by atoms with Gasteiger partial charge in [-0.25, -0.2) is 0 Å². The van der Waals surface area contributed by atoms with E-state index >= 15 is 0 Å². The molecule has 3 aromatic rings. The van der Waals surface area contributed by atoms with Crippen LogP contribution in [-0.2, 0) is 13.0 Å². The van der Waals surface area contributed by atoms with Gasteiger partial charge in [-0.2, -0.15) is 5.10 Å². The molecule has 1 heterocycles. The molecule has 1 aromatic heterocycles. The van der Waals surface area contributed by atoms with Gasteiger partial charge in [0.05, 0.1) is 25.1 Å². The van der Waals surface area contributed by atoms with Crippen molar-refractivity contribution in [3.05, 3.63) is 87.7 Å². The van der Waals surface area contributed by atoms with Crippen LogP contribution in [0.1, 0.15) is 39.2 Å². The van der Waals surface area contributed by atoms with E-state index in [1.54, 1.807) is 7.11 Å². The molecule has 0 saturated heterocycles. The van der Waals surface area contributed by atoms with Crippen molar-refractivity contribution < 1.29 is 9.84 Å². The lowest BCUT2D eigenvalue weighted by molar-refractivity contribution is 0.281. The minimum Gasteiger partial charge on any atom is -0.496 e. The number of aromatic nitrogens is 2. The molecule has 0 radical (unpaired) electrons. The second-order valence-corrected chi connectivity index (χ2v) is 6.71. The first-order valence-electron chi connectivity index (χ1n) is 9.24. The van der Waals surface area contributed by atoms with Gasteiger partial charge in [-0.05, 0) is 59.0 Å². The van der Waals surface area contributed by atoms with Crippen molar-refractivity contribution in [1.29, 1.82) is 0 Å². The fourth-order valence-corrected chi connectivity index (χ4v) is 3.26. The number of rotatable bonds is 6. The molecule has 1 aliphatic rings. The van der Waals surface area contributed by atoms with Gasteiger partial charge < -0.3 is 9.84 Å². The maximum atomic E-state index is 9.24. The highest BCUT2D eigenvalue weighted by molar-refractivity contribution is 5.74. The summed E-state index contributed by atoms with van der Waals surface area (Å²) in [6.07, 6.45) is 13.4. The standard InChI is InChI=1S/C24H22N2O2/c1-28-24-14-18(16-27)6-9-20(24)10-12-23-15-22(25-26-23)11-7-17-5-8-19-3-2-4-21(19)13-17/h2-3,5-15,27H,4,16H2,1H3,(H,25,26)/b11-7+,12-10+. The first-order valence-corrected chi connectivity index (χ1v) is 9.24. The largest absolute Gasteiger partial charge is 0.496 e. The molecule has 0 spiro atoms. The minimum absolute atomic E-state index is 0.00265. The Hall–Kier alpha value is -3.37. The number of benzene rings is 2. The molecule has 0 bridgehead atoms. The smallest absolute Gasteiger partial charge is 0.126 e. The van der Waals surface area contributed by atoms with Gasteiger partial charge in [0.15, 0.2) is 0 Å². The maximum absolute atomic E-state index is 9.24. The third kappa shape index (κ3) is 3.97. The molecule has 0 fully saturated rings. The number of aliphatic hydroxyl groups excluding tert-OH is 1. The number of hydrogen-bond donors (Lipinski definition) is 2. The molecule has 0 aliphatic heterocycles. The van der Waals surface area contributed by atoms with Crippen LogP contribution in [0.3, 0.4) is 0 Å². The molecule has 2 N–H and O–H groups in total. The molecule has 28 heavy (non-hydrogen) atoms. The Bertz CT molecular complexity index is 1070. The van der Waals surface area contributed by atoms with Gasteiger partial charge in [0.1, 0.15) is 5.75 Å². The highest BCUT2D eigenvalue weighted by Crippen LogP contribution is 2.23. The number of H-pyrrole nitrogens is 1. The van der Waals surface area contributed by atoms with Crippen LogP contribution in [0.25, 0.3) is 30.4 Å². The van der Waals surface area contributed by atoms with Gasteiger partial charge in [-0.15, -0.1) is 0 Å². The topological polar surface area (TPSA) is 58.1 Å². The monoisotopic (exact) mass is 370 g/mol. The van der Waals surface area contributed by atoms with Gasteiger partial charge in [0, 0.05) is 5.56 Å². The van der Waals surface area contributed by atoms with E-state index in [4.69, 9.17) is 4.74 Å². The van der Waals surface area contributed by atoms with Crippen LogP contribution in [0, 0.1) is 0 Å². The van der Waals surface area contributed by atoms with E-state index in [2.05, 4.69) is 46.6 Å². The zero-order valence-corrected chi connectivity index (χ0v) is 15.7. The van der Waals surface area contributed by atoms with Crippen molar-refractivity contribution in [3.8, 4) is 5.75 Å². The molecule has 4 heteroatoms.